The molecule has 1 rings (SSSR count). The summed E-state index contributed by atoms with van der Waals surface area (Å²) in [6.07, 6.45) is 0. The average molecular weight is 240 g/mol. The van der Waals surface area contributed by atoms with Crippen molar-refractivity contribution in [2.75, 3.05) is 0 Å². The average Bonchev–Trinajstić information content (AvgIpc) is 2.00. The standard InChI is InChI=1S/C14H22O.H3P/c1-13(2,3)10-7-8-12(15)11(9-10)14(4,5)6;/h7-9,15H,1-6H3;1H3. The van der Waals surface area contributed by atoms with Crippen LogP contribution in [0.15, 0.2) is 18.2 Å². The van der Waals surface area contributed by atoms with Gasteiger partial charge in [-0.1, -0.05) is 53.7 Å². The molecule has 0 aromatic heterocycles. The third-order valence-corrected chi connectivity index (χ3v) is 2.67. The van der Waals surface area contributed by atoms with Gasteiger partial charge >= 0.3 is 0 Å². The summed E-state index contributed by atoms with van der Waals surface area (Å²) in [5.74, 6) is 0.399. The van der Waals surface area contributed by atoms with Crippen LogP contribution in [-0.2, 0) is 10.8 Å². The van der Waals surface area contributed by atoms with Gasteiger partial charge in [0.25, 0.3) is 0 Å². The first-order chi connectivity index (χ1) is 6.62. The summed E-state index contributed by atoms with van der Waals surface area (Å²) in [6, 6.07) is 5.93. The van der Waals surface area contributed by atoms with Gasteiger partial charge in [-0.15, -0.1) is 0 Å². The highest BCUT2D eigenvalue weighted by atomic mass is 31.0. The van der Waals surface area contributed by atoms with Crippen LogP contribution >= 0.6 is 9.90 Å². The molecular formula is C14H25OP. The number of rotatable bonds is 0. The zero-order valence-electron chi connectivity index (χ0n) is 11.4. The molecule has 0 saturated heterocycles. The van der Waals surface area contributed by atoms with E-state index in [4.69, 9.17) is 0 Å². The number of hydrogen-bond acceptors (Lipinski definition) is 1. The van der Waals surface area contributed by atoms with E-state index in [1.807, 2.05) is 6.07 Å². The van der Waals surface area contributed by atoms with Crippen molar-refractivity contribution in [2.45, 2.75) is 52.4 Å². The SMILES string of the molecule is CC(C)(C)c1ccc(O)c(C(C)(C)C)c1.P. The van der Waals surface area contributed by atoms with Crippen molar-refractivity contribution in [3.63, 3.8) is 0 Å². The van der Waals surface area contributed by atoms with Crippen LogP contribution in [-0.4, -0.2) is 5.11 Å². The van der Waals surface area contributed by atoms with Crippen molar-refractivity contribution >= 4 is 9.90 Å². The third kappa shape index (κ3) is 3.49. The second kappa shape index (κ2) is 4.75. The van der Waals surface area contributed by atoms with E-state index in [-0.39, 0.29) is 20.7 Å². The summed E-state index contributed by atoms with van der Waals surface area (Å²) in [7, 11) is 0. The van der Waals surface area contributed by atoms with Gasteiger partial charge in [0, 0.05) is 0 Å². The maximum Gasteiger partial charge on any atom is 0.119 e. The number of benzene rings is 1. The van der Waals surface area contributed by atoms with Crippen molar-refractivity contribution in [2.24, 2.45) is 0 Å². The molecule has 0 bridgehead atoms. The lowest BCUT2D eigenvalue weighted by atomic mass is 9.80. The molecule has 0 radical (unpaired) electrons. The zero-order chi connectivity index (χ0) is 11.9. The molecule has 1 atom stereocenters. The van der Waals surface area contributed by atoms with Gasteiger partial charge in [-0.2, -0.15) is 9.90 Å². The number of hydrogen-bond donors (Lipinski definition) is 1. The Morgan fingerprint density at radius 1 is 0.875 bits per heavy atom. The van der Waals surface area contributed by atoms with Crippen molar-refractivity contribution in [1.29, 1.82) is 0 Å². The molecule has 1 nitrogen and oxygen atoms in total. The lowest BCUT2D eigenvalue weighted by molar-refractivity contribution is 0.444. The molecule has 0 aliphatic rings. The van der Waals surface area contributed by atoms with E-state index in [0.717, 1.165) is 5.56 Å². The van der Waals surface area contributed by atoms with Crippen LogP contribution in [0.5, 0.6) is 5.75 Å². The van der Waals surface area contributed by atoms with Crippen LogP contribution in [0.25, 0.3) is 0 Å². The molecule has 0 heterocycles. The minimum atomic E-state index is -0.00859. The lowest BCUT2D eigenvalue weighted by Gasteiger charge is -2.25. The Kier molecular flexibility index (Phi) is 4.59. The Morgan fingerprint density at radius 3 is 1.75 bits per heavy atom. The molecule has 92 valence electrons. The smallest absolute Gasteiger partial charge is 0.119 e. The maximum atomic E-state index is 9.84. The van der Waals surface area contributed by atoms with Gasteiger partial charge in [0.1, 0.15) is 5.75 Å². The maximum absolute atomic E-state index is 9.84. The fourth-order valence-electron chi connectivity index (χ4n) is 1.60. The Hall–Kier alpha value is -0.550. The van der Waals surface area contributed by atoms with E-state index in [1.165, 1.54) is 5.56 Å². The highest BCUT2D eigenvalue weighted by molar-refractivity contribution is 6.92. The fraction of sp³-hybridized carbons (Fsp3) is 0.571. The van der Waals surface area contributed by atoms with E-state index in [2.05, 4.69) is 47.6 Å². The summed E-state index contributed by atoms with van der Waals surface area (Å²) in [4.78, 5) is 0. The second-order valence-electron chi connectivity index (χ2n) is 6.23. The van der Waals surface area contributed by atoms with Crippen LogP contribution in [0.3, 0.4) is 0 Å². The summed E-state index contributed by atoms with van der Waals surface area (Å²) in [5.41, 5.74) is 2.42. The van der Waals surface area contributed by atoms with Crippen molar-refractivity contribution < 1.29 is 5.11 Å². The molecule has 0 spiro atoms. The first kappa shape index (κ1) is 15.4. The topological polar surface area (TPSA) is 20.2 Å². The summed E-state index contributed by atoms with van der Waals surface area (Å²) in [6.45, 7) is 12.9. The van der Waals surface area contributed by atoms with Gasteiger partial charge in [0.2, 0.25) is 0 Å². The Bertz CT molecular complexity index is 356. The van der Waals surface area contributed by atoms with Gasteiger partial charge in [-0.05, 0) is 28.0 Å². The van der Waals surface area contributed by atoms with Crippen LogP contribution < -0.4 is 0 Å². The lowest BCUT2D eigenvalue weighted by Crippen LogP contribution is -2.16. The third-order valence-electron chi connectivity index (χ3n) is 2.67. The molecule has 0 aliphatic heterocycles. The molecule has 2 heteroatoms. The van der Waals surface area contributed by atoms with E-state index < -0.39 is 0 Å². The highest BCUT2D eigenvalue weighted by Gasteiger charge is 2.21. The molecule has 0 aliphatic carbocycles. The summed E-state index contributed by atoms with van der Waals surface area (Å²) >= 11 is 0. The highest BCUT2D eigenvalue weighted by Crippen LogP contribution is 2.34. The van der Waals surface area contributed by atoms with Crippen LogP contribution in [0.2, 0.25) is 0 Å². The fourth-order valence-corrected chi connectivity index (χ4v) is 1.60. The quantitative estimate of drug-likeness (QED) is 0.678. The summed E-state index contributed by atoms with van der Waals surface area (Å²) in [5, 5.41) is 9.84. The monoisotopic (exact) mass is 240 g/mol. The molecule has 0 saturated carbocycles. The second-order valence-corrected chi connectivity index (χ2v) is 6.23. The summed E-state index contributed by atoms with van der Waals surface area (Å²) < 4.78 is 0. The minimum Gasteiger partial charge on any atom is -0.508 e. The van der Waals surface area contributed by atoms with Crippen molar-refractivity contribution in [3.05, 3.63) is 29.3 Å². The van der Waals surface area contributed by atoms with E-state index in [9.17, 15) is 5.11 Å². The predicted molar refractivity (Wildman–Crippen MR) is 76.6 cm³/mol. The minimum absolute atomic E-state index is 0. The van der Waals surface area contributed by atoms with Crippen LogP contribution in [0.1, 0.15) is 52.7 Å². The van der Waals surface area contributed by atoms with Gasteiger partial charge in [-0.3, -0.25) is 0 Å². The molecule has 1 N–H and O–H groups in total. The number of phenols is 1. The first-order valence-electron chi connectivity index (χ1n) is 5.46. The largest absolute Gasteiger partial charge is 0.508 e. The van der Waals surface area contributed by atoms with Crippen LogP contribution in [0.4, 0.5) is 0 Å². The van der Waals surface area contributed by atoms with Crippen molar-refractivity contribution in [1.82, 2.24) is 0 Å². The Labute approximate surface area is 103 Å². The Morgan fingerprint density at radius 2 is 1.38 bits per heavy atom. The van der Waals surface area contributed by atoms with Gasteiger partial charge < -0.3 is 5.11 Å². The van der Waals surface area contributed by atoms with Gasteiger partial charge in [0.05, 0.1) is 0 Å². The van der Waals surface area contributed by atoms with E-state index in [1.54, 1.807) is 6.07 Å². The number of aromatic hydroxyl groups is 1. The first-order valence-corrected chi connectivity index (χ1v) is 5.46. The molecule has 0 fully saturated rings. The molecule has 1 unspecified atom stereocenters. The van der Waals surface area contributed by atoms with Gasteiger partial charge in [-0.25, -0.2) is 0 Å². The van der Waals surface area contributed by atoms with Crippen LogP contribution in [0, 0.1) is 0 Å². The molecule has 0 amide bonds. The molecular weight excluding hydrogens is 215 g/mol. The number of phenolic OH excluding ortho intramolecular Hbond substituents is 1. The van der Waals surface area contributed by atoms with E-state index >= 15 is 0 Å². The zero-order valence-corrected chi connectivity index (χ0v) is 12.8. The van der Waals surface area contributed by atoms with Crippen molar-refractivity contribution in [3.8, 4) is 5.75 Å². The molecule has 1 aromatic rings. The van der Waals surface area contributed by atoms with E-state index in [0.29, 0.717) is 5.75 Å². The Balaban J connectivity index is 0.00000225. The predicted octanol–water partition coefficient (Wildman–Crippen LogP) is 4.05. The van der Waals surface area contributed by atoms with Gasteiger partial charge in [0.15, 0.2) is 0 Å². The molecule has 1 aromatic carbocycles. The molecule has 16 heavy (non-hydrogen) atoms. The normalized spacial score (nSPS) is 12.1.